The summed E-state index contributed by atoms with van der Waals surface area (Å²) < 4.78 is 39.3. The fourth-order valence-corrected chi connectivity index (χ4v) is 6.52. The Hall–Kier alpha value is -3.52. The number of piperazine rings is 1. The van der Waals surface area contributed by atoms with Crippen molar-refractivity contribution in [1.29, 1.82) is 0 Å². The van der Waals surface area contributed by atoms with E-state index in [2.05, 4.69) is 25.3 Å². The van der Waals surface area contributed by atoms with Crippen LogP contribution in [-0.2, 0) is 0 Å². The molecule has 0 unspecified atom stereocenters. The lowest BCUT2D eigenvalue weighted by molar-refractivity contribution is -0.0950. The fourth-order valence-electron chi connectivity index (χ4n) is 4.85. The first-order valence-electron chi connectivity index (χ1n) is 12.6. The number of anilines is 2. The number of aliphatic imine (C=N–C) groups is 1. The zero-order valence-electron chi connectivity index (χ0n) is 22.7. The standard InChI is InChI=1S/C26H29F3N8OS2/c1-15-21(40-16(2)32-15)19-13-39-23(33-19)34-20-7-6-17(10-30-20)22(38)37-9-8-36(14-25(37,3)4)24-31-11-18(12-35(24)5)26(27,28)29/h6-7,10-11,13H,8-9,12,14H2,1-5H3,(H,30,33,34). The van der Waals surface area contributed by atoms with Gasteiger partial charge < -0.3 is 20.0 Å². The van der Waals surface area contributed by atoms with Crippen LogP contribution in [0.1, 0.15) is 34.9 Å². The predicted molar refractivity (Wildman–Crippen MR) is 151 cm³/mol. The number of carbonyl (C=O) groups is 1. The maximum absolute atomic E-state index is 13.4. The average molecular weight is 591 g/mol. The summed E-state index contributed by atoms with van der Waals surface area (Å²) in [7, 11) is 1.59. The summed E-state index contributed by atoms with van der Waals surface area (Å²) in [5, 5.41) is 6.86. The minimum atomic E-state index is -4.41. The highest BCUT2D eigenvalue weighted by molar-refractivity contribution is 7.16. The molecular formula is C26H29F3N8OS2. The molecule has 1 amide bonds. The van der Waals surface area contributed by atoms with Gasteiger partial charge in [0.1, 0.15) is 5.82 Å². The molecule has 212 valence electrons. The molecule has 0 saturated carbocycles. The van der Waals surface area contributed by atoms with Gasteiger partial charge in [0.05, 0.1) is 44.5 Å². The van der Waals surface area contributed by atoms with Crippen molar-refractivity contribution in [3.8, 4) is 10.6 Å². The van der Waals surface area contributed by atoms with Crippen LogP contribution in [0.25, 0.3) is 10.6 Å². The first-order valence-corrected chi connectivity index (χ1v) is 14.3. The van der Waals surface area contributed by atoms with Crippen molar-refractivity contribution in [2.24, 2.45) is 4.99 Å². The van der Waals surface area contributed by atoms with Crippen molar-refractivity contribution in [3.63, 3.8) is 0 Å². The van der Waals surface area contributed by atoms with E-state index in [4.69, 9.17) is 0 Å². The molecule has 0 spiro atoms. The summed E-state index contributed by atoms with van der Waals surface area (Å²) >= 11 is 3.07. The van der Waals surface area contributed by atoms with Gasteiger partial charge in [-0.1, -0.05) is 0 Å². The van der Waals surface area contributed by atoms with Gasteiger partial charge in [-0.3, -0.25) is 4.79 Å². The first-order chi connectivity index (χ1) is 18.8. The summed E-state index contributed by atoms with van der Waals surface area (Å²) in [6.45, 7) is 8.82. The van der Waals surface area contributed by atoms with Gasteiger partial charge in [-0.15, -0.1) is 22.7 Å². The van der Waals surface area contributed by atoms with E-state index in [0.717, 1.165) is 27.5 Å². The van der Waals surface area contributed by atoms with Gasteiger partial charge >= 0.3 is 6.18 Å². The normalized spacial score (nSPS) is 17.6. The highest BCUT2D eigenvalue weighted by Crippen LogP contribution is 2.33. The van der Waals surface area contributed by atoms with Crippen LogP contribution in [0.4, 0.5) is 24.1 Å². The Morgan fingerprint density at radius 1 is 1.15 bits per heavy atom. The number of likely N-dealkylation sites (N-methyl/N-ethyl adjacent to an activating group) is 1. The lowest BCUT2D eigenvalue weighted by Gasteiger charge is -2.49. The van der Waals surface area contributed by atoms with E-state index in [1.54, 1.807) is 41.6 Å². The van der Waals surface area contributed by atoms with Crippen molar-refractivity contribution in [3.05, 3.63) is 51.7 Å². The molecule has 40 heavy (non-hydrogen) atoms. The second-order valence-electron chi connectivity index (χ2n) is 10.4. The van der Waals surface area contributed by atoms with Gasteiger partial charge in [-0.25, -0.2) is 19.9 Å². The van der Waals surface area contributed by atoms with Crippen LogP contribution in [0.15, 0.2) is 40.5 Å². The van der Waals surface area contributed by atoms with Crippen LogP contribution < -0.4 is 5.32 Å². The highest BCUT2D eigenvalue weighted by Gasteiger charge is 2.41. The molecule has 0 bridgehead atoms. The fraction of sp³-hybridized carbons (Fsp3) is 0.423. The molecule has 5 heterocycles. The molecule has 0 atom stereocenters. The maximum atomic E-state index is 13.4. The average Bonchev–Trinajstić information content (AvgIpc) is 3.47. The molecule has 3 aromatic heterocycles. The Labute approximate surface area is 238 Å². The number of aromatic nitrogens is 3. The molecule has 0 radical (unpaired) electrons. The Morgan fingerprint density at radius 2 is 1.93 bits per heavy atom. The van der Waals surface area contributed by atoms with E-state index in [1.807, 2.05) is 38.0 Å². The third-order valence-electron chi connectivity index (χ3n) is 6.76. The van der Waals surface area contributed by atoms with Crippen LogP contribution in [0.2, 0.25) is 0 Å². The second kappa shape index (κ2) is 10.5. The Balaban J connectivity index is 1.24. The van der Waals surface area contributed by atoms with Crippen LogP contribution >= 0.6 is 22.7 Å². The van der Waals surface area contributed by atoms with E-state index < -0.39 is 17.3 Å². The second-order valence-corrected chi connectivity index (χ2v) is 12.4. The Bertz CT molecular complexity index is 1480. The number of pyridine rings is 1. The Morgan fingerprint density at radius 3 is 2.52 bits per heavy atom. The molecule has 1 N–H and O–H groups in total. The predicted octanol–water partition coefficient (Wildman–Crippen LogP) is 5.31. The summed E-state index contributed by atoms with van der Waals surface area (Å²) in [5.41, 5.74) is 1.000. The van der Waals surface area contributed by atoms with Crippen LogP contribution in [0.3, 0.4) is 0 Å². The van der Waals surface area contributed by atoms with E-state index >= 15 is 0 Å². The summed E-state index contributed by atoms with van der Waals surface area (Å²) in [6.07, 6.45) is -1.97. The number of hydrogen-bond donors (Lipinski definition) is 1. The number of carbonyl (C=O) groups excluding carboxylic acids is 1. The maximum Gasteiger partial charge on any atom is 0.415 e. The van der Waals surface area contributed by atoms with Crippen molar-refractivity contribution in [1.82, 2.24) is 29.7 Å². The molecule has 2 aliphatic heterocycles. The lowest BCUT2D eigenvalue weighted by Crippen LogP contribution is -2.63. The van der Waals surface area contributed by atoms with Crippen molar-refractivity contribution < 1.29 is 18.0 Å². The molecule has 14 heteroatoms. The number of nitrogens with one attached hydrogen (secondary N) is 1. The number of aryl methyl sites for hydroxylation is 2. The van der Waals surface area contributed by atoms with Crippen LogP contribution in [0, 0.1) is 13.8 Å². The highest BCUT2D eigenvalue weighted by atomic mass is 32.1. The number of guanidine groups is 1. The molecule has 1 fully saturated rings. The van der Waals surface area contributed by atoms with E-state index in [1.165, 1.54) is 16.2 Å². The van der Waals surface area contributed by atoms with E-state index in [-0.39, 0.29) is 12.5 Å². The summed E-state index contributed by atoms with van der Waals surface area (Å²) in [6, 6.07) is 3.48. The monoisotopic (exact) mass is 590 g/mol. The Kier molecular flexibility index (Phi) is 7.33. The number of halogens is 3. The quantitative estimate of drug-likeness (QED) is 0.441. The largest absolute Gasteiger partial charge is 0.415 e. The van der Waals surface area contributed by atoms with Gasteiger partial charge in [0.2, 0.25) is 5.96 Å². The number of alkyl halides is 3. The zero-order chi connectivity index (χ0) is 28.8. The number of hydrogen-bond acceptors (Lipinski definition) is 10. The molecule has 0 aliphatic carbocycles. The third-order valence-corrected chi connectivity index (χ3v) is 8.62. The summed E-state index contributed by atoms with van der Waals surface area (Å²) in [5.74, 6) is 0.883. The van der Waals surface area contributed by atoms with Gasteiger partial charge in [0.25, 0.3) is 5.91 Å². The topological polar surface area (TPSA) is 89.9 Å². The van der Waals surface area contributed by atoms with Gasteiger partial charge in [0.15, 0.2) is 5.13 Å². The molecule has 2 aliphatic rings. The van der Waals surface area contributed by atoms with Crippen molar-refractivity contribution in [2.75, 3.05) is 38.5 Å². The minimum absolute atomic E-state index is 0.158. The zero-order valence-corrected chi connectivity index (χ0v) is 24.3. The van der Waals surface area contributed by atoms with Crippen LogP contribution in [0.5, 0.6) is 0 Å². The van der Waals surface area contributed by atoms with E-state index in [9.17, 15) is 18.0 Å². The van der Waals surface area contributed by atoms with Gasteiger partial charge in [-0.2, -0.15) is 13.2 Å². The molecule has 3 aromatic rings. The summed E-state index contributed by atoms with van der Waals surface area (Å²) in [4.78, 5) is 37.3. The molecule has 1 saturated heterocycles. The molecule has 5 rings (SSSR count). The van der Waals surface area contributed by atoms with Crippen molar-refractivity contribution >= 4 is 45.5 Å². The van der Waals surface area contributed by atoms with Gasteiger partial charge in [-0.05, 0) is 39.8 Å². The number of amides is 1. The SMILES string of the molecule is Cc1nc(C)c(-c2csc(Nc3ccc(C(=O)N4CCN(C5=NC=C(C(F)(F)F)CN5C)CC4(C)C)cn3)n2)s1. The number of thiazole rings is 2. The molecular weight excluding hydrogens is 561 g/mol. The van der Waals surface area contributed by atoms with Gasteiger partial charge in [0, 0.05) is 44.5 Å². The minimum Gasteiger partial charge on any atom is -0.341 e. The lowest BCUT2D eigenvalue weighted by atomic mass is 9.97. The van der Waals surface area contributed by atoms with E-state index in [0.29, 0.717) is 42.1 Å². The third kappa shape index (κ3) is 5.68. The smallest absolute Gasteiger partial charge is 0.341 e. The van der Waals surface area contributed by atoms with Crippen molar-refractivity contribution in [2.45, 2.75) is 39.4 Å². The first kappa shape index (κ1) is 28.0. The number of nitrogens with zero attached hydrogens (tertiary/aromatic N) is 7. The van der Waals surface area contributed by atoms with Crippen LogP contribution in [-0.4, -0.2) is 86.5 Å². The molecule has 0 aromatic carbocycles. The number of rotatable bonds is 4. The molecule has 9 nitrogen and oxygen atoms in total.